The first-order valence-electron chi connectivity index (χ1n) is 5.94. The van der Waals surface area contributed by atoms with Crippen LogP contribution in [-0.2, 0) is 18.4 Å². The highest BCUT2D eigenvalue weighted by Crippen LogP contribution is 2.14. The highest BCUT2D eigenvalue weighted by molar-refractivity contribution is 7.09. The molecule has 21 heavy (non-hydrogen) atoms. The van der Waals surface area contributed by atoms with Gasteiger partial charge in [-0.2, -0.15) is 5.10 Å². The molecule has 1 unspecified atom stereocenters. The Labute approximate surface area is 140 Å². The van der Waals surface area contributed by atoms with E-state index in [2.05, 4.69) is 20.7 Å². The van der Waals surface area contributed by atoms with Crippen molar-refractivity contribution in [2.24, 2.45) is 7.05 Å². The molecule has 0 saturated carbocycles. The lowest BCUT2D eigenvalue weighted by Gasteiger charge is -2.14. The van der Waals surface area contributed by atoms with Crippen LogP contribution in [0.2, 0.25) is 0 Å². The Bertz CT molecular complexity index is 572. The third-order valence-electron chi connectivity index (χ3n) is 2.88. The molecule has 0 aliphatic rings. The van der Waals surface area contributed by atoms with E-state index in [1.54, 1.807) is 34.8 Å². The van der Waals surface area contributed by atoms with E-state index in [9.17, 15) is 4.79 Å². The normalized spacial score (nSPS) is 11.2. The maximum Gasteiger partial charge on any atom is 0.242 e. The third-order valence-corrected chi connectivity index (χ3v) is 3.81. The molecule has 1 amide bonds. The first-order chi connectivity index (χ1) is 9.11. The van der Waals surface area contributed by atoms with Crippen LogP contribution in [0.25, 0.3) is 0 Å². The lowest BCUT2D eigenvalue weighted by Crippen LogP contribution is -2.35. The van der Waals surface area contributed by atoms with Crippen molar-refractivity contribution >= 4 is 42.1 Å². The molecule has 118 valence electrons. The van der Waals surface area contributed by atoms with Crippen molar-refractivity contribution in [1.29, 1.82) is 0 Å². The Morgan fingerprint density at radius 3 is 2.67 bits per heavy atom. The van der Waals surface area contributed by atoms with E-state index in [1.165, 1.54) is 0 Å². The van der Waals surface area contributed by atoms with Gasteiger partial charge in [-0.25, -0.2) is 4.98 Å². The van der Waals surface area contributed by atoms with E-state index in [0.29, 0.717) is 6.54 Å². The number of hydrogen-bond acceptors (Lipinski definition) is 5. The van der Waals surface area contributed by atoms with Gasteiger partial charge in [-0.05, 0) is 14.0 Å². The van der Waals surface area contributed by atoms with Crippen LogP contribution in [-0.4, -0.2) is 27.7 Å². The first-order valence-corrected chi connectivity index (χ1v) is 6.82. The van der Waals surface area contributed by atoms with Crippen molar-refractivity contribution in [2.75, 3.05) is 7.05 Å². The predicted octanol–water partition coefficient (Wildman–Crippen LogP) is 1.61. The largest absolute Gasteiger partial charge is 0.349 e. The molecule has 0 aromatic carbocycles. The monoisotopic (exact) mass is 351 g/mol. The highest BCUT2D eigenvalue weighted by Gasteiger charge is 2.20. The Kier molecular flexibility index (Phi) is 8.50. The number of amides is 1. The molecule has 0 bridgehead atoms. The number of aryl methyl sites for hydroxylation is 2. The minimum atomic E-state index is -0.387. The fourth-order valence-corrected chi connectivity index (χ4v) is 2.52. The molecule has 1 atom stereocenters. The van der Waals surface area contributed by atoms with Gasteiger partial charge in [-0.15, -0.1) is 36.2 Å². The molecular formula is C12H19Cl2N5OS. The Morgan fingerprint density at radius 2 is 2.19 bits per heavy atom. The van der Waals surface area contributed by atoms with Crippen molar-refractivity contribution in [1.82, 2.24) is 25.4 Å². The first kappa shape index (κ1) is 19.9. The second-order valence-electron chi connectivity index (χ2n) is 4.25. The quantitative estimate of drug-likeness (QED) is 0.858. The molecule has 6 nitrogen and oxygen atoms in total. The number of aromatic nitrogens is 3. The maximum absolute atomic E-state index is 12.2. The summed E-state index contributed by atoms with van der Waals surface area (Å²) in [6.45, 7) is 2.45. The second-order valence-corrected chi connectivity index (χ2v) is 5.19. The minimum absolute atomic E-state index is 0. The number of nitrogens with zero attached hydrogens (tertiary/aromatic N) is 3. The lowest BCUT2D eigenvalue weighted by atomic mass is 10.1. The summed E-state index contributed by atoms with van der Waals surface area (Å²) in [6.07, 6.45) is 3.53. The molecular weight excluding hydrogens is 333 g/mol. The number of carbonyl (C=O) groups excluding carboxylic acids is 1. The maximum atomic E-state index is 12.2. The predicted molar refractivity (Wildman–Crippen MR) is 88.2 cm³/mol. The molecule has 2 heterocycles. The molecule has 0 aliphatic heterocycles. The van der Waals surface area contributed by atoms with Gasteiger partial charge in [0, 0.05) is 23.7 Å². The van der Waals surface area contributed by atoms with E-state index in [0.717, 1.165) is 16.1 Å². The molecule has 2 N–H and O–H groups in total. The molecule has 0 radical (unpaired) electrons. The van der Waals surface area contributed by atoms with E-state index < -0.39 is 0 Å². The summed E-state index contributed by atoms with van der Waals surface area (Å²) in [4.78, 5) is 17.4. The van der Waals surface area contributed by atoms with Crippen molar-refractivity contribution in [3.63, 3.8) is 0 Å². The molecule has 2 rings (SSSR count). The number of likely N-dealkylation sites (N-methyl/N-ethyl adjacent to an activating group) is 1. The second kappa shape index (κ2) is 8.99. The van der Waals surface area contributed by atoms with Crippen molar-refractivity contribution < 1.29 is 4.79 Å². The number of rotatable bonds is 5. The standard InChI is InChI=1S/C12H17N5OS.2ClH/c1-8-10(19-7-15-8)5-14-12(18)11(13-2)9-4-16-17(3)6-9;;/h4,6-7,11,13H,5H2,1-3H3,(H,14,18);2*1H. The van der Waals surface area contributed by atoms with Crippen molar-refractivity contribution in [2.45, 2.75) is 19.5 Å². The zero-order valence-electron chi connectivity index (χ0n) is 12.0. The van der Waals surface area contributed by atoms with E-state index in [-0.39, 0.29) is 36.8 Å². The highest BCUT2D eigenvalue weighted by atomic mass is 35.5. The zero-order valence-corrected chi connectivity index (χ0v) is 14.4. The van der Waals surface area contributed by atoms with E-state index >= 15 is 0 Å². The Balaban J connectivity index is 0.00000200. The van der Waals surface area contributed by atoms with Crippen LogP contribution in [0.3, 0.4) is 0 Å². The SMILES string of the molecule is CNC(C(=O)NCc1scnc1C)c1cnn(C)c1.Cl.Cl. The van der Waals surface area contributed by atoms with Gasteiger partial charge in [-0.3, -0.25) is 9.48 Å². The van der Waals surface area contributed by atoms with Gasteiger partial charge in [0.2, 0.25) is 5.91 Å². The number of halogens is 2. The average Bonchev–Trinajstić information content (AvgIpc) is 2.97. The molecule has 0 fully saturated rings. The molecule has 2 aromatic heterocycles. The van der Waals surface area contributed by atoms with Crippen LogP contribution in [0, 0.1) is 6.92 Å². The van der Waals surface area contributed by atoms with Crippen LogP contribution in [0.1, 0.15) is 22.2 Å². The van der Waals surface area contributed by atoms with E-state index in [1.807, 2.05) is 20.2 Å². The molecule has 9 heteroatoms. The minimum Gasteiger partial charge on any atom is -0.349 e. The summed E-state index contributed by atoms with van der Waals surface area (Å²) in [5, 5.41) is 10.00. The molecule has 0 spiro atoms. The Hall–Kier alpha value is -1.15. The summed E-state index contributed by atoms with van der Waals surface area (Å²) >= 11 is 1.55. The summed E-state index contributed by atoms with van der Waals surface area (Å²) in [5.74, 6) is -0.0664. The van der Waals surface area contributed by atoms with Crippen molar-refractivity contribution in [3.05, 3.63) is 34.0 Å². The van der Waals surface area contributed by atoms with Gasteiger partial charge in [0.1, 0.15) is 6.04 Å². The number of carbonyl (C=O) groups is 1. The number of nitrogens with one attached hydrogen (secondary N) is 2. The molecule has 2 aromatic rings. The van der Waals surface area contributed by atoms with Crippen LogP contribution in [0.15, 0.2) is 17.9 Å². The van der Waals surface area contributed by atoms with Crippen LogP contribution in [0.5, 0.6) is 0 Å². The van der Waals surface area contributed by atoms with Gasteiger partial charge in [0.05, 0.1) is 23.9 Å². The fraction of sp³-hybridized carbons (Fsp3) is 0.417. The third kappa shape index (κ3) is 4.96. The summed E-state index contributed by atoms with van der Waals surface area (Å²) < 4.78 is 1.68. The van der Waals surface area contributed by atoms with Gasteiger partial charge < -0.3 is 10.6 Å². The fourth-order valence-electron chi connectivity index (χ4n) is 1.80. The van der Waals surface area contributed by atoms with Gasteiger partial charge in [0.25, 0.3) is 0 Å². The smallest absolute Gasteiger partial charge is 0.242 e. The van der Waals surface area contributed by atoms with Gasteiger partial charge in [-0.1, -0.05) is 0 Å². The lowest BCUT2D eigenvalue weighted by molar-refractivity contribution is -0.123. The molecule has 0 saturated heterocycles. The van der Waals surface area contributed by atoms with Gasteiger partial charge >= 0.3 is 0 Å². The Morgan fingerprint density at radius 1 is 1.48 bits per heavy atom. The van der Waals surface area contributed by atoms with Gasteiger partial charge in [0.15, 0.2) is 0 Å². The van der Waals surface area contributed by atoms with Crippen LogP contribution >= 0.6 is 36.2 Å². The van der Waals surface area contributed by atoms with E-state index in [4.69, 9.17) is 0 Å². The number of thiazole rings is 1. The average molecular weight is 352 g/mol. The van der Waals surface area contributed by atoms with Crippen LogP contribution in [0.4, 0.5) is 0 Å². The summed E-state index contributed by atoms with van der Waals surface area (Å²) in [5.41, 5.74) is 3.60. The topological polar surface area (TPSA) is 71.8 Å². The molecule has 0 aliphatic carbocycles. The number of hydrogen-bond donors (Lipinski definition) is 2. The van der Waals surface area contributed by atoms with Crippen molar-refractivity contribution in [3.8, 4) is 0 Å². The summed E-state index contributed by atoms with van der Waals surface area (Å²) in [7, 11) is 3.59. The zero-order chi connectivity index (χ0) is 13.8. The summed E-state index contributed by atoms with van der Waals surface area (Å²) in [6, 6.07) is -0.387. The van der Waals surface area contributed by atoms with Crippen LogP contribution < -0.4 is 10.6 Å².